The summed E-state index contributed by atoms with van der Waals surface area (Å²) in [7, 11) is 1.55. The number of ether oxygens (including phenoxy) is 1. The standard InChI is InChI=1S/C12H12BrN3O2/c1-18-7-10-12(17)2-3-16(14-10)8-4-9(13)11-6-15(11)5-8/h2-5,11H,6-7H2,1H3. The number of hydrogen-bond acceptors (Lipinski definition) is 4. The Balaban J connectivity index is 1.98. The van der Waals surface area contributed by atoms with Gasteiger partial charge in [-0.1, -0.05) is 15.9 Å². The topological polar surface area (TPSA) is 47.1 Å². The molecule has 0 amide bonds. The molecule has 6 heteroatoms. The van der Waals surface area contributed by atoms with Gasteiger partial charge in [0.2, 0.25) is 5.43 Å². The van der Waals surface area contributed by atoms with E-state index in [2.05, 4.69) is 25.9 Å². The second-order valence-corrected chi connectivity index (χ2v) is 5.22. The Kier molecular flexibility index (Phi) is 2.83. The van der Waals surface area contributed by atoms with E-state index in [4.69, 9.17) is 4.74 Å². The average molecular weight is 310 g/mol. The number of allylic oxidation sites excluding steroid dienone is 2. The van der Waals surface area contributed by atoms with Gasteiger partial charge < -0.3 is 9.64 Å². The maximum atomic E-state index is 11.6. The highest BCUT2D eigenvalue weighted by Crippen LogP contribution is 2.35. The van der Waals surface area contributed by atoms with Crippen molar-refractivity contribution in [3.63, 3.8) is 0 Å². The lowest BCUT2D eigenvalue weighted by Crippen LogP contribution is -2.18. The second kappa shape index (κ2) is 4.37. The Bertz CT molecular complexity index is 606. The van der Waals surface area contributed by atoms with Crippen LogP contribution in [0.5, 0.6) is 0 Å². The summed E-state index contributed by atoms with van der Waals surface area (Å²) >= 11 is 3.55. The summed E-state index contributed by atoms with van der Waals surface area (Å²) in [6, 6.07) is 2.00. The van der Waals surface area contributed by atoms with Crippen LogP contribution in [0.15, 0.2) is 33.8 Å². The van der Waals surface area contributed by atoms with E-state index < -0.39 is 0 Å². The van der Waals surface area contributed by atoms with E-state index in [0.717, 1.165) is 16.7 Å². The van der Waals surface area contributed by atoms with E-state index in [1.807, 2.05) is 12.3 Å². The number of hydrogen-bond donors (Lipinski definition) is 0. The Hall–Kier alpha value is -1.40. The van der Waals surface area contributed by atoms with Crippen LogP contribution in [0, 0.1) is 0 Å². The minimum Gasteiger partial charge on any atom is -0.378 e. The van der Waals surface area contributed by atoms with Crippen LogP contribution in [0.25, 0.3) is 5.70 Å². The Morgan fingerprint density at radius 2 is 2.44 bits per heavy atom. The number of methoxy groups -OCH3 is 1. The lowest BCUT2D eigenvalue weighted by molar-refractivity contribution is 0.179. The molecular weight excluding hydrogens is 298 g/mol. The van der Waals surface area contributed by atoms with E-state index in [-0.39, 0.29) is 12.0 Å². The van der Waals surface area contributed by atoms with Crippen molar-refractivity contribution in [1.29, 1.82) is 0 Å². The van der Waals surface area contributed by atoms with Crippen LogP contribution >= 0.6 is 15.9 Å². The molecule has 1 fully saturated rings. The van der Waals surface area contributed by atoms with E-state index in [9.17, 15) is 4.79 Å². The highest BCUT2D eigenvalue weighted by atomic mass is 79.9. The van der Waals surface area contributed by atoms with Gasteiger partial charge in [-0.2, -0.15) is 5.10 Å². The van der Waals surface area contributed by atoms with Crippen LogP contribution in [-0.2, 0) is 11.3 Å². The van der Waals surface area contributed by atoms with Crippen LogP contribution in [0.1, 0.15) is 5.69 Å². The van der Waals surface area contributed by atoms with Gasteiger partial charge in [-0.05, 0) is 6.08 Å². The van der Waals surface area contributed by atoms with Crippen LogP contribution in [-0.4, -0.2) is 34.4 Å². The summed E-state index contributed by atoms with van der Waals surface area (Å²) in [5.41, 5.74) is 1.25. The summed E-state index contributed by atoms with van der Waals surface area (Å²) in [6.07, 6.45) is 5.75. The third kappa shape index (κ3) is 2.02. The molecule has 0 saturated carbocycles. The van der Waals surface area contributed by atoms with E-state index in [0.29, 0.717) is 11.7 Å². The molecule has 2 aliphatic rings. The zero-order chi connectivity index (χ0) is 12.7. The third-order valence-corrected chi connectivity index (χ3v) is 3.74. The molecule has 0 radical (unpaired) electrons. The van der Waals surface area contributed by atoms with E-state index >= 15 is 0 Å². The van der Waals surface area contributed by atoms with Gasteiger partial charge in [0.1, 0.15) is 5.69 Å². The molecule has 3 rings (SSSR count). The average Bonchev–Trinajstić information content (AvgIpc) is 3.12. The Labute approximate surface area is 112 Å². The van der Waals surface area contributed by atoms with Crippen LogP contribution < -0.4 is 5.43 Å². The highest BCUT2D eigenvalue weighted by molar-refractivity contribution is 9.11. The van der Waals surface area contributed by atoms with Gasteiger partial charge in [0.25, 0.3) is 0 Å². The molecule has 1 aromatic rings. The highest BCUT2D eigenvalue weighted by Gasteiger charge is 2.36. The monoisotopic (exact) mass is 309 g/mol. The summed E-state index contributed by atoms with van der Waals surface area (Å²) in [5, 5.41) is 4.29. The van der Waals surface area contributed by atoms with Crippen molar-refractivity contribution < 1.29 is 4.74 Å². The summed E-state index contributed by atoms with van der Waals surface area (Å²) in [6.45, 7) is 1.26. The zero-order valence-corrected chi connectivity index (χ0v) is 11.4. The van der Waals surface area contributed by atoms with Crippen molar-refractivity contribution in [3.05, 3.63) is 44.9 Å². The molecule has 0 aromatic carbocycles. The van der Waals surface area contributed by atoms with Gasteiger partial charge in [-0.3, -0.25) is 4.79 Å². The van der Waals surface area contributed by atoms with Gasteiger partial charge in [0.05, 0.1) is 18.3 Å². The molecular formula is C12H12BrN3O2. The number of rotatable bonds is 3. The number of halogens is 1. The van der Waals surface area contributed by atoms with Crippen molar-refractivity contribution in [1.82, 2.24) is 14.7 Å². The molecule has 0 aliphatic carbocycles. The van der Waals surface area contributed by atoms with Gasteiger partial charge in [-0.25, -0.2) is 4.68 Å². The van der Waals surface area contributed by atoms with Crippen molar-refractivity contribution in [3.8, 4) is 0 Å². The lowest BCUT2D eigenvalue weighted by Gasteiger charge is -2.13. The van der Waals surface area contributed by atoms with Crippen LogP contribution in [0.2, 0.25) is 0 Å². The zero-order valence-electron chi connectivity index (χ0n) is 9.84. The summed E-state index contributed by atoms with van der Waals surface area (Å²) in [4.78, 5) is 13.8. The van der Waals surface area contributed by atoms with E-state index in [1.54, 1.807) is 18.0 Å². The molecule has 1 aromatic heterocycles. The van der Waals surface area contributed by atoms with Gasteiger partial charge in [0.15, 0.2) is 0 Å². The molecule has 1 unspecified atom stereocenters. The lowest BCUT2D eigenvalue weighted by atomic mass is 10.3. The smallest absolute Gasteiger partial charge is 0.205 e. The number of nitrogens with zero attached hydrogens (tertiary/aromatic N) is 3. The predicted octanol–water partition coefficient (Wildman–Crippen LogP) is 1.16. The predicted molar refractivity (Wildman–Crippen MR) is 71.0 cm³/mol. The van der Waals surface area contributed by atoms with Crippen LogP contribution in [0.4, 0.5) is 0 Å². The first kappa shape index (κ1) is 11.7. The summed E-state index contributed by atoms with van der Waals surface area (Å²) < 4.78 is 7.82. The molecule has 1 saturated heterocycles. The normalized spacial score (nSPS) is 21.2. The molecule has 94 valence electrons. The van der Waals surface area contributed by atoms with Gasteiger partial charge in [-0.15, -0.1) is 0 Å². The fourth-order valence-corrected chi connectivity index (χ4v) is 2.58. The molecule has 2 aliphatic heterocycles. The first-order valence-corrected chi connectivity index (χ1v) is 6.41. The van der Waals surface area contributed by atoms with Crippen molar-refractivity contribution >= 4 is 21.6 Å². The minimum atomic E-state index is -0.0999. The second-order valence-electron chi connectivity index (χ2n) is 4.30. The summed E-state index contributed by atoms with van der Waals surface area (Å²) in [5.74, 6) is 0. The molecule has 0 spiro atoms. The molecule has 3 heterocycles. The maximum absolute atomic E-state index is 11.6. The molecule has 1 atom stereocenters. The van der Waals surface area contributed by atoms with E-state index in [1.165, 1.54) is 6.07 Å². The maximum Gasteiger partial charge on any atom is 0.205 e. The first-order valence-electron chi connectivity index (χ1n) is 5.62. The molecule has 18 heavy (non-hydrogen) atoms. The third-order valence-electron chi connectivity index (χ3n) is 2.98. The van der Waals surface area contributed by atoms with Crippen molar-refractivity contribution in [2.45, 2.75) is 12.6 Å². The Morgan fingerprint density at radius 3 is 3.17 bits per heavy atom. The van der Waals surface area contributed by atoms with Gasteiger partial charge in [0, 0.05) is 36.6 Å². The fourth-order valence-electron chi connectivity index (χ4n) is 1.94. The largest absolute Gasteiger partial charge is 0.378 e. The Morgan fingerprint density at radius 1 is 1.61 bits per heavy atom. The van der Waals surface area contributed by atoms with Crippen molar-refractivity contribution in [2.75, 3.05) is 13.7 Å². The fraction of sp³-hybridized carbons (Fsp3) is 0.333. The molecule has 0 bridgehead atoms. The SMILES string of the molecule is COCc1nn(C2=CN3CC3C(Br)=C2)ccc1=O. The number of fused-ring (bicyclic) bond motifs is 1. The molecule has 0 N–H and O–H groups in total. The van der Waals surface area contributed by atoms with Gasteiger partial charge >= 0.3 is 0 Å². The minimum absolute atomic E-state index is 0.0999. The quantitative estimate of drug-likeness (QED) is 0.786. The molecule has 5 nitrogen and oxygen atoms in total. The number of aromatic nitrogens is 2. The van der Waals surface area contributed by atoms with Crippen LogP contribution in [0.3, 0.4) is 0 Å². The first-order chi connectivity index (χ1) is 8.69. The van der Waals surface area contributed by atoms with Crippen molar-refractivity contribution in [2.24, 2.45) is 0 Å².